The zero-order chi connectivity index (χ0) is 10.4. The molecular formula is C10H19NO2S. The van der Waals surface area contributed by atoms with Crippen molar-refractivity contribution in [2.45, 2.75) is 43.4 Å². The minimum Gasteiger partial charge on any atom is -0.312 e. The molecule has 2 rings (SSSR count). The summed E-state index contributed by atoms with van der Waals surface area (Å²) >= 11 is 0. The number of hydrogen-bond acceptors (Lipinski definition) is 3. The van der Waals surface area contributed by atoms with Crippen molar-refractivity contribution in [2.75, 3.05) is 12.8 Å². The van der Waals surface area contributed by atoms with Crippen LogP contribution in [-0.2, 0) is 9.84 Å². The van der Waals surface area contributed by atoms with Gasteiger partial charge in [0.25, 0.3) is 0 Å². The number of rotatable bonds is 5. The SMILES string of the molecule is CCC1CC1(CNC1CC1)S(C)(=O)=O. The van der Waals surface area contributed by atoms with Gasteiger partial charge in [-0.05, 0) is 25.2 Å². The summed E-state index contributed by atoms with van der Waals surface area (Å²) < 4.78 is 22.9. The highest BCUT2D eigenvalue weighted by atomic mass is 32.2. The Hall–Kier alpha value is -0.0900. The molecule has 0 aromatic carbocycles. The Kier molecular flexibility index (Phi) is 2.39. The summed E-state index contributed by atoms with van der Waals surface area (Å²) in [6, 6.07) is 0.603. The van der Waals surface area contributed by atoms with Gasteiger partial charge in [-0.3, -0.25) is 0 Å². The first kappa shape index (κ1) is 10.4. The molecule has 0 amide bonds. The van der Waals surface area contributed by atoms with Gasteiger partial charge in [-0.2, -0.15) is 0 Å². The van der Waals surface area contributed by atoms with E-state index in [1.54, 1.807) is 0 Å². The lowest BCUT2D eigenvalue weighted by atomic mass is 10.2. The van der Waals surface area contributed by atoms with Crippen LogP contribution < -0.4 is 5.32 Å². The molecule has 2 fully saturated rings. The van der Waals surface area contributed by atoms with E-state index in [1.165, 1.54) is 19.1 Å². The maximum absolute atomic E-state index is 11.7. The van der Waals surface area contributed by atoms with Crippen molar-refractivity contribution in [3.63, 3.8) is 0 Å². The second kappa shape index (κ2) is 3.20. The first-order valence-electron chi connectivity index (χ1n) is 5.42. The largest absolute Gasteiger partial charge is 0.312 e. The summed E-state index contributed by atoms with van der Waals surface area (Å²) in [7, 11) is -2.88. The third-order valence-electron chi connectivity index (χ3n) is 3.67. The van der Waals surface area contributed by atoms with Gasteiger partial charge in [-0.15, -0.1) is 0 Å². The highest BCUT2D eigenvalue weighted by molar-refractivity contribution is 7.92. The van der Waals surface area contributed by atoms with Crippen LogP contribution in [0, 0.1) is 5.92 Å². The molecule has 0 aliphatic heterocycles. The van der Waals surface area contributed by atoms with Crippen LogP contribution in [-0.4, -0.2) is 32.0 Å². The molecule has 2 saturated carbocycles. The average Bonchev–Trinajstić information content (AvgIpc) is 2.96. The van der Waals surface area contributed by atoms with Gasteiger partial charge >= 0.3 is 0 Å². The molecule has 0 aromatic rings. The zero-order valence-electron chi connectivity index (χ0n) is 8.91. The smallest absolute Gasteiger partial charge is 0.154 e. The van der Waals surface area contributed by atoms with E-state index in [9.17, 15) is 8.42 Å². The Morgan fingerprint density at radius 3 is 2.43 bits per heavy atom. The Labute approximate surface area is 86.2 Å². The zero-order valence-corrected chi connectivity index (χ0v) is 9.73. The quantitative estimate of drug-likeness (QED) is 0.746. The van der Waals surface area contributed by atoms with E-state index in [-0.39, 0.29) is 0 Å². The molecule has 4 heteroatoms. The maximum Gasteiger partial charge on any atom is 0.154 e. The third kappa shape index (κ3) is 1.70. The van der Waals surface area contributed by atoms with E-state index < -0.39 is 14.6 Å². The molecule has 2 atom stereocenters. The fraction of sp³-hybridized carbons (Fsp3) is 1.00. The Morgan fingerprint density at radius 1 is 1.43 bits per heavy atom. The molecule has 0 saturated heterocycles. The van der Waals surface area contributed by atoms with Crippen LogP contribution in [0.15, 0.2) is 0 Å². The summed E-state index contributed by atoms with van der Waals surface area (Å²) in [6.07, 6.45) is 5.67. The van der Waals surface area contributed by atoms with Crippen molar-refractivity contribution >= 4 is 9.84 Å². The predicted molar refractivity (Wildman–Crippen MR) is 57.0 cm³/mol. The van der Waals surface area contributed by atoms with Gasteiger partial charge in [0.1, 0.15) is 0 Å². The number of hydrogen-bond donors (Lipinski definition) is 1. The molecule has 0 heterocycles. The van der Waals surface area contributed by atoms with Crippen LogP contribution in [0.25, 0.3) is 0 Å². The molecule has 1 N–H and O–H groups in total. The first-order chi connectivity index (χ1) is 6.49. The maximum atomic E-state index is 11.7. The summed E-state index contributed by atoms with van der Waals surface area (Å²) in [5, 5.41) is 3.35. The van der Waals surface area contributed by atoms with Crippen molar-refractivity contribution in [1.29, 1.82) is 0 Å². The molecule has 0 radical (unpaired) electrons. The molecule has 2 unspecified atom stereocenters. The number of nitrogens with one attached hydrogen (secondary N) is 1. The highest BCUT2D eigenvalue weighted by Gasteiger charge is 2.60. The van der Waals surface area contributed by atoms with Crippen molar-refractivity contribution in [3.8, 4) is 0 Å². The topological polar surface area (TPSA) is 46.2 Å². The minimum atomic E-state index is -2.88. The van der Waals surface area contributed by atoms with E-state index in [2.05, 4.69) is 12.2 Å². The Morgan fingerprint density at radius 2 is 2.07 bits per heavy atom. The second-order valence-electron chi connectivity index (χ2n) is 4.80. The molecule has 3 nitrogen and oxygen atoms in total. The average molecular weight is 217 g/mol. The summed E-state index contributed by atoms with van der Waals surface area (Å²) in [5.41, 5.74) is 0. The van der Waals surface area contributed by atoms with Crippen molar-refractivity contribution in [3.05, 3.63) is 0 Å². The minimum absolute atomic E-state index is 0.392. The van der Waals surface area contributed by atoms with Gasteiger partial charge in [-0.1, -0.05) is 13.3 Å². The highest BCUT2D eigenvalue weighted by Crippen LogP contribution is 2.51. The molecule has 2 aliphatic carbocycles. The van der Waals surface area contributed by atoms with Crippen molar-refractivity contribution in [1.82, 2.24) is 5.32 Å². The molecule has 2 aliphatic rings. The Bertz CT molecular complexity index is 321. The fourth-order valence-corrected chi connectivity index (χ4v) is 3.90. The van der Waals surface area contributed by atoms with Crippen molar-refractivity contribution in [2.24, 2.45) is 5.92 Å². The van der Waals surface area contributed by atoms with Gasteiger partial charge in [0.05, 0.1) is 4.75 Å². The summed E-state index contributed by atoms with van der Waals surface area (Å²) in [4.78, 5) is 0. The van der Waals surface area contributed by atoms with Gasteiger partial charge in [0.2, 0.25) is 0 Å². The first-order valence-corrected chi connectivity index (χ1v) is 7.32. The van der Waals surface area contributed by atoms with Crippen LogP contribution in [0.4, 0.5) is 0 Å². The van der Waals surface area contributed by atoms with E-state index in [4.69, 9.17) is 0 Å². The number of sulfone groups is 1. The predicted octanol–water partition coefficient (Wildman–Crippen LogP) is 0.952. The van der Waals surface area contributed by atoms with Gasteiger partial charge in [-0.25, -0.2) is 8.42 Å². The van der Waals surface area contributed by atoms with E-state index >= 15 is 0 Å². The van der Waals surface area contributed by atoms with Gasteiger partial charge in [0, 0.05) is 18.8 Å². The molecule has 82 valence electrons. The van der Waals surface area contributed by atoms with E-state index in [1.807, 2.05) is 0 Å². The van der Waals surface area contributed by atoms with E-state index in [0.29, 0.717) is 18.5 Å². The lowest BCUT2D eigenvalue weighted by molar-refractivity contribution is 0.545. The molecule has 0 bridgehead atoms. The standard InChI is InChI=1S/C10H19NO2S/c1-3-8-6-10(8,14(2,12)13)7-11-9-4-5-9/h8-9,11H,3-7H2,1-2H3. The lowest BCUT2D eigenvalue weighted by Gasteiger charge is -2.15. The van der Waals surface area contributed by atoms with Crippen molar-refractivity contribution < 1.29 is 8.42 Å². The normalized spacial score (nSPS) is 37.1. The van der Waals surface area contributed by atoms with Crippen LogP contribution in [0.5, 0.6) is 0 Å². The van der Waals surface area contributed by atoms with Gasteiger partial charge < -0.3 is 5.32 Å². The summed E-state index contributed by atoms with van der Waals surface area (Å²) in [6.45, 7) is 2.75. The second-order valence-corrected chi connectivity index (χ2v) is 7.16. The van der Waals surface area contributed by atoms with Crippen LogP contribution in [0.3, 0.4) is 0 Å². The van der Waals surface area contributed by atoms with E-state index in [0.717, 1.165) is 12.8 Å². The lowest BCUT2D eigenvalue weighted by Crippen LogP contribution is -2.37. The molecular weight excluding hydrogens is 198 g/mol. The molecule has 0 aromatic heterocycles. The third-order valence-corrected chi connectivity index (χ3v) is 5.80. The summed E-state index contributed by atoms with van der Waals surface area (Å²) in [5.74, 6) is 0.392. The fourth-order valence-electron chi connectivity index (χ4n) is 2.28. The Balaban J connectivity index is 2.01. The van der Waals surface area contributed by atoms with Crippen LogP contribution >= 0.6 is 0 Å². The molecule has 0 spiro atoms. The monoisotopic (exact) mass is 217 g/mol. The van der Waals surface area contributed by atoms with Gasteiger partial charge in [0.15, 0.2) is 9.84 Å². The van der Waals surface area contributed by atoms with Crippen LogP contribution in [0.1, 0.15) is 32.6 Å². The van der Waals surface area contributed by atoms with Crippen LogP contribution in [0.2, 0.25) is 0 Å². The molecule has 14 heavy (non-hydrogen) atoms.